The Balaban J connectivity index is 1.54. The van der Waals surface area contributed by atoms with E-state index in [0.29, 0.717) is 30.6 Å². The summed E-state index contributed by atoms with van der Waals surface area (Å²) in [6.07, 6.45) is 3.30. The Morgan fingerprint density at radius 2 is 2.03 bits per heavy atom. The first-order chi connectivity index (χ1) is 16.3. The molecule has 6 nitrogen and oxygen atoms in total. The Hall–Kier alpha value is -2.80. The van der Waals surface area contributed by atoms with Crippen molar-refractivity contribution in [2.24, 2.45) is 11.8 Å². The fourth-order valence-corrected chi connectivity index (χ4v) is 6.46. The van der Waals surface area contributed by atoms with Crippen LogP contribution in [0, 0.1) is 11.8 Å². The van der Waals surface area contributed by atoms with Crippen molar-refractivity contribution in [1.29, 1.82) is 0 Å². The predicted molar refractivity (Wildman–Crippen MR) is 135 cm³/mol. The van der Waals surface area contributed by atoms with Crippen molar-refractivity contribution in [2.75, 3.05) is 7.11 Å². The minimum atomic E-state index is -1.03. The van der Waals surface area contributed by atoms with Gasteiger partial charge in [-0.25, -0.2) is 0 Å². The average molecular weight is 480 g/mol. The highest BCUT2D eigenvalue weighted by Crippen LogP contribution is 2.37. The molecule has 3 heterocycles. The van der Waals surface area contributed by atoms with Crippen molar-refractivity contribution in [3.63, 3.8) is 0 Å². The SMILES string of the molecule is COc1ccccc1CN1C(=O)c2cc3sccc3n2C[C@]1(C)C(=O)N[C@@H]1CCC[C@H](C)[C@H]1C. The van der Waals surface area contributed by atoms with Gasteiger partial charge in [0.25, 0.3) is 5.91 Å². The molecule has 1 N–H and O–H groups in total. The molecule has 1 saturated carbocycles. The Labute approximate surface area is 204 Å². The van der Waals surface area contributed by atoms with Gasteiger partial charge < -0.3 is 19.5 Å². The second-order valence-electron chi connectivity index (χ2n) is 10.1. The molecule has 0 unspecified atom stereocenters. The molecule has 2 amide bonds. The Morgan fingerprint density at radius 1 is 1.24 bits per heavy atom. The van der Waals surface area contributed by atoms with Gasteiger partial charge in [0.05, 0.1) is 30.4 Å². The molecule has 5 rings (SSSR count). The summed E-state index contributed by atoms with van der Waals surface area (Å²) in [6.45, 7) is 7.14. The highest BCUT2D eigenvalue weighted by Gasteiger charge is 2.49. The predicted octanol–water partition coefficient (Wildman–Crippen LogP) is 5.07. The number of thiophene rings is 1. The molecule has 1 aromatic carbocycles. The minimum Gasteiger partial charge on any atom is -0.496 e. The van der Waals surface area contributed by atoms with Gasteiger partial charge in [-0.15, -0.1) is 11.3 Å². The third-order valence-corrected chi connectivity index (χ3v) is 8.94. The fourth-order valence-electron chi connectivity index (χ4n) is 5.63. The molecular formula is C27H33N3O3S. The maximum Gasteiger partial charge on any atom is 0.271 e. The number of amides is 2. The number of ether oxygens (including phenoxy) is 1. The summed E-state index contributed by atoms with van der Waals surface area (Å²) in [7, 11) is 1.63. The molecule has 1 fully saturated rings. The van der Waals surface area contributed by atoms with Gasteiger partial charge in [-0.2, -0.15) is 0 Å². The summed E-state index contributed by atoms with van der Waals surface area (Å²) >= 11 is 1.62. The summed E-state index contributed by atoms with van der Waals surface area (Å²) in [4.78, 5) is 29.7. The highest BCUT2D eigenvalue weighted by atomic mass is 32.1. The quantitative estimate of drug-likeness (QED) is 0.556. The number of benzene rings is 1. The van der Waals surface area contributed by atoms with Gasteiger partial charge in [0.1, 0.15) is 17.0 Å². The third kappa shape index (κ3) is 3.70. The number of methoxy groups -OCH3 is 1. The van der Waals surface area contributed by atoms with Gasteiger partial charge in [0.2, 0.25) is 5.91 Å². The largest absolute Gasteiger partial charge is 0.496 e. The zero-order chi connectivity index (χ0) is 24.0. The van der Waals surface area contributed by atoms with E-state index in [1.165, 1.54) is 6.42 Å². The first-order valence-corrected chi connectivity index (χ1v) is 13.0. The number of hydrogen-bond donors (Lipinski definition) is 1. The first-order valence-electron chi connectivity index (χ1n) is 12.1. The molecule has 0 saturated heterocycles. The number of nitrogens with zero attached hydrogens (tertiary/aromatic N) is 2. The van der Waals surface area contributed by atoms with E-state index in [1.807, 2.05) is 53.3 Å². The van der Waals surface area contributed by atoms with Crippen LogP contribution in [-0.2, 0) is 17.9 Å². The molecule has 1 aliphatic carbocycles. The molecule has 0 radical (unpaired) electrons. The van der Waals surface area contributed by atoms with E-state index in [4.69, 9.17) is 4.74 Å². The molecule has 2 aliphatic rings. The van der Waals surface area contributed by atoms with Crippen molar-refractivity contribution in [3.8, 4) is 5.75 Å². The van der Waals surface area contributed by atoms with E-state index in [1.54, 1.807) is 23.3 Å². The van der Waals surface area contributed by atoms with Crippen LogP contribution in [0.2, 0.25) is 0 Å². The molecule has 3 aromatic rings. The zero-order valence-electron chi connectivity index (χ0n) is 20.3. The number of aromatic nitrogens is 1. The lowest BCUT2D eigenvalue weighted by atomic mass is 9.77. The van der Waals surface area contributed by atoms with Gasteiger partial charge >= 0.3 is 0 Å². The number of para-hydroxylation sites is 1. The van der Waals surface area contributed by atoms with Crippen LogP contribution in [0.4, 0.5) is 0 Å². The van der Waals surface area contributed by atoms with Crippen molar-refractivity contribution >= 4 is 33.4 Å². The van der Waals surface area contributed by atoms with Gasteiger partial charge in [-0.05, 0) is 48.8 Å². The van der Waals surface area contributed by atoms with E-state index < -0.39 is 5.54 Å². The molecule has 180 valence electrons. The molecule has 7 heteroatoms. The number of hydrogen-bond acceptors (Lipinski definition) is 4. The van der Waals surface area contributed by atoms with Crippen LogP contribution in [0.5, 0.6) is 5.75 Å². The van der Waals surface area contributed by atoms with Crippen LogP contribution in [0.1, 0.15) is 56.1 Å². The van der Waals surface area contributed by atoms with Gasteiger partial charge in [0, 0.05) is 11.6 Å². The summed E-state index contributed by atoms with van der Waals surface area (Å²) in [5.41, 5.74) is 1.52. The molecular weight excluding hydrogens is 446 g/mol. The van der Waals surface area contributed by atoms with Crippen LogP contribution in [0.15, 0.2) is 41.8 Å². The molecule has 0 bridgehead atoms. The van der Waals surface area contributed by atoms with E-state index in [0.717, 1.165) is 34.4 Å². The normalized spacial score (nSPS) is 27.0. The first kappa shape index (κ1) is 23.0. The molecule has 34 heavy (non-hydrogen) atoms. The van der Waals surface area contributed by atoms with Crippen molar-refractivity contribution < 1.29 is 14.3 Å². The van der Waals surface area contributed by atoms with Crippen molar-refractivity contribution in [2.45, 2.75) is 64.7 Å². The van der Waals surface area contributed by atoms with Crippen molar-refractivity contribution in [3.05, 3.63) is 53.0 Å². The number of carbonyl (C=O) groups is 2. The molecule has 0 spiro atoms. The van der Waals surface area contributed by atoms with Crippen molar-refractivity contribution in [1.82, 2.24) is 14.8 Å². The lowest BCUT2D eigenvalue weighted by Crippen LogP contribution is -2.65. The summed E-state index contributed by atoms with van der Waals surface area (Å²) < 4.78 is 8.66. The van der Waals surface area contributed by atoms with E-state index in [-0.39, 0.29) is 17.9 Å². The standard InChI is InChI=1S/C27H33N3O3S/c1-17-8-7-10-20(18(17)2)28-26(32)27(3)16-29-21-12-13-34-24(21)14-22(29)25(31)30(27)15-19-9-5-6-11-23(19)33-4/h5-6,9,11-14,17-18,20H,7-8,10,15-16H2,1-4H3,(H,28,32)/t17-,18+,20+,27+/m0/s1. The minimum absolute atomic E-state index is 0.0792. The lowest BCUT2D eigenvalue weighted by Gasteiger charge is -2.45. The van der Waals surface area contributed by atoms with Crippen LogP contribution in [0.25, 0.3) is 10.2 Å². The molecule has 1 aliphatic heterocycles. The van der Waals surface area contributed by atoms with E-state index in [9.17, 15) is 9.59 Å². The maximum atomic E-state index is 14.0. The summed E-state index contributed by atoms with van der Waals surface area (Å²) in [6, 6.07) is 11.8. The van der Waals surface area contributed by atoms with Crippen LogP contribution >= 0.6 is 11.3 Å². The van der Waals surface area contributed by atoms with Crippen LogP contribution in [0.3, 0.4) is 0 Å². The number of nitrogens with one attached hydrogen (secondary N) is 1. The van der Waals surface area contributed by atoms with E-state index in [2.05, 4.69) is 19.2 Å². The van der Waals surface area contributed by atoms with Crippen LogP contribution in [-0.4, -0.2) is 40.0 Å². The molecule has 2 aromatic heterocycles. The number of carbonyl (C=O) groups excluding carboxylic acids is 2. The Morgan fingerprint density at radius 3 is 2.82 bits per heavy atom. The Kier molecular flexibility index (Phi) is 5.92. The van der Waals surface area contributed by atoms with Gasteiger partial charge in [-0.3, -0.25) is 9.59 Å². The topological polar surface area (TPSA) is 63.6 Å². The molecule has 4 atom stereocenters. The maximum absolute atomic E-state index is 14.0. The zero-order valence-corrected chi connectivity index (χ0v) is 21.2. The fraction of sp³-hybridized carbons (Fsp3) is 0.481. The van der Waals surface area contributed by atoms with Gasteiger partial charge in [-0.1, -0.05) is 44.9 Å². The van der Waals surface area contributed by atoms with E-state index >= 15 is 0 Å². The summed E-state index contributed by atoms with van der Waals surface area (Å²) in [5.74, 6) is 1.50. The second kappa shape index (κ2) is 8.77. The lowest BCUT2D eigenvalue weighted by molar-refractivity contribution is -0.134. The second-order valence-corrected chi connectivity index (χ2v) is 11.1. The monoisotopic (exact) mass is 479 g/mol. The van der Waals surface area contributed by atoms with Gasteiger partial charge in [0.15, 0.2) is 0 Å². The number of rotatable bonds is 5. The smallest absolute Gasteiger partial charge is 0.271 e. The Bertz CT molecular complexity index is 1230. The number of fused-ring (bicyclic) bond motifs is 3. The highest BCUT2D eigenvalue weighted by molar-refractivity contribution is 7.17. The average Bonchev–Trinajstić information content (AvgIpc) is 3.42. The third-order valence-electron chi connectivity index (χ3n) is 8.08. The summed E-state index contributed by atoms with van der Waals surface area (Å²) in [5, 5.41) is 5.40. The van der Waals surface area contributed by atoms with Crippen LogP contribution < -0.4 is 10.1 Å².